The van der Waals surface area contributed by atoms with Crippen molar-refractivity contribution in [3.05, 3.63) is 28.8 Å². The van der Waals surface area contributed by atoms with Crippen LogP contribution in [-0.2, 0) is 5.41 Å². The lowest BCUT2D eigenvalue weighted by Gasteiger charge is -2.37. The van der Waals surface area contributed by atoms with Crippen LogP contribution in [0.15, 0.2) is 12.1 Å². The minimum absolute atomic E-state index is 0.0790. The van der Waals surface area contributed by atoms with Crippen LogP contribution in [0.25, 0.3) is 0 Å². The van der Waals surface area contributed by atoms with Gasteiger partial charge in [-0.3, -0.25) is 0 Å². The Morgan fingerprint density at radius 1 is 1.45 bits per heavy atom. The van der Waals surface area contributed by atoms with Crippen molar-refractivity contribution >= 4 is 5.97 Å². The molecule has 0 amide bonds. The first-order valence-electron chi connectivity index (χ1n) is 6.90. The average Bonchev–Trinajstić information content (AvgIpc) is 2.39. The highest BCUT2D eigenvalue weighted by Gasteiger charge is 2.34. The zero-order chi connectivity index (χ0) is 15.5. The van der Waals surface area contributed by atoms with E-state index in [9.17, 15) is 4.79 Å². The molecule has 0 fully saturated rings. The van der Waals surface area contributed by atoms with Gasteiger partial charge in [-0.15, -0.1) is 6.42 Å². The van der Waals surface area contributed by atoms with E-state index in [1.165, 1.54) is 6.07 Å². The van der Waals surface area contributed by atoms with Crippen LogP contribution in [0, 0.1) is 12.3 Å². The molecule has 2 rings (SSSR count). The molecule has 108 valence electrons. The molecule has 0 spiro atoms. The first-order chi connectivity index (χ1) is 9.35. The molecule has 1 N–H and O–H groups in total. The van der Waals surface area contributed by atoms with Crippen LogP contribution in [0.2, 0.25) is 0 Å². The molecule has 0 saturated carbocycles. The second-order valence-electron chi connectivity index (χ2n) is 5.37. The van der Waals surface area contributed by atoms with Crippen LogP contribution in [0.5, 0.6) is 5.75 Å². The summed E-state index contributed by atoms with van der Waals surface area (Å²) in [6.45, 7) is 10.2. The van der Waals surface area contributed by atoms with E-state index < -0.39 is 5.97 Å². The van der Waals surface area contributed by atoms with Crippen LogP contribution in [-0.4, -0.2) is 17.2 Å². The van der Waals surface area contributed by atoms with Crippen LogP contribution in [0.1, 0.15) is 62.5 Å². The molecular formula is C17H22O3. The molecule has 1 aromatic rings. The van der Waals surface area contributed by atoms with Gasteiger partial charge in [-0.25, -0.2) is 4.79 Å². The number of terminal acetylenes is 1. The third kappa shape index (κ3) is 2.96. The van der Waals surface area contributed by atoms with Gasteiger partial charge in [0.15, 0.2) is 0 Å². The van der Waals surface area contributed by atoms with Crippen LogP contribution < -0.4 is 4.74 Å². The Labute approximate surface area is 121 Å². The smallest absolute Gasteiger partial charge is 0.335 e. The van der Waals surface area contributed by atoms with Gasteiger partial charge in [-0.2, -0.15) is 0 Å². The van der Waals surface area contributed by atoms with Crippen LogP contribution in [0.4, 0.5) is 0 Å². The summed E-state index contributed by atoms with van der Waals surface area (Å²) >= 11 is 0. The number of carboxylic acid groups (broad SMARTS) is 1. The fourth-order valence-corrected chi connectivity index (χ4v) is 2.56. The minimum Gasteiger partial charge on any atom is -0.489 e. The molecule has 3 heteroatoms. The monoisotopic (exact) mass is 274 g/mol. The van der Waals surface area contributed by atoms with E-state index in [4.69, 9.17) is 16.3 Å². The summed E-state index contributed by atoms with van der Waals surface area (Å²) in [6.07, 6.45) is 6.37. The van der Waals surface area contributed by atoms with Gasteiger partial charge in [-0.05, 0) is 30.9 Å². The normalized spacial score (nSPS) is 18.7. The Morgan fingerprint density at radius 3 is 2.55 bits per heavy atom. The van der Waals surface area contributed by atoms with E-state index in [-0.39, 0.29) is 17.1 Å². The highest BCUT2D eigenvalue weighted by atomic mass is 16.5. The maximum absolute atomic E-state index is 11.1. The molecule has 1 aliphatic rings. The number of aromatic carboxylic acids is 1. The van der Waals surface area contributed by atoms with Crippen molar-refractivity contribution in [2.75, 3.05) is 0 Å². The molecule has 0 aliphatic carbocycles. The van der Waals surface area contributed by atoms with Crippen molar-refractivity contribution in [3.63, 3.8) is 0 Å². The largest absolute Gasteiger partial charge is 0.489 e. The molecule has 1 atom stereocenters. The maximum Gasteiger partial charge on any atom is 0.335 e. The van der Waals surface area contributed by atoms with Gasteiger partial charge in [0.05, 0.1) is 17.2 Å². The van der Waals surface area contributed by atoms with Crippen LogP contribution in [0.3, 0.4) is 0 Å². The number of rotatable bonds is 1. The Hall–Kier alpha value is -1.95. The van der Waals surface area contributed by atoms with Gasteiger partial charge < -0.3 is 9.84 Å². The van der Waals surface area contributed by atoms with Gasteiger partial charge in [0.25, 0.3) is 0 Å². The number of hydrogen-bond donors (Lipinski definition) is 1. The summed E-state index contributed by atoms with van der Waals surface area (Å²) in [6, 6.07) is 3.17. The fraction of sp³-hybridized carbons (Fsp3) is 0.471. The minimum atomic E-state index is -0.969. The lowest BCUT2D eigenvalue weighted by molar-refractivity contribution is 0.0696. The van der Waals surface area contributed by atoms with Crippen LogP contribution >= 0.6 is 0 Å². The van der Waals surface area contributed by atoms with Gasteiger partial charge in [0.1, 0.15) is 5.75 Å². The van der Waals surface area contributed by atoms with E-state index in [1.54, 1.807) is 6.07 Å². The molecule has 0 aromatic heterocycles. The molecule has 3 nitrogen and oxygen atoms in total. The second kappa shape index (κ2) is 6.00. The quantitative estimate of drug-likeness (QED) is 0.791. The molecular weight excluding hydrogens is 252 g/mol. The maximum atomic E-state index is 11.1. The summed E-state index contributed by atoms with van der Waals surface area (Å²) in [5, 5.41) is 9.12. The van der Waals surface area contributed by atoms with Crippen molar-refractivity contribution in [1.29, 1.82) is 0 Å². The van der Waals surface area contributed by atoms with Gasteiger partial charge in [0.2, 0.25) is 0 Å². The lowest BCUT2D eigenvalue weighted by Crippen LogP contribution is -2.33. The third-order valence-corrected chi connectivity index (χ3v) is 3.34. The Morgan fingerprint density at radius 2 is 2.05 bits per heavy atom. The third-order valence-electron chi connectivity index (χ3n) is 3.34. The number of ether oxygens (including phenoxy) is 1. The summed E-state index contributed by atoms with van der Waals surface area (Å²) in [7, 11) is 0. The zero-order valence-corrected chi connectivity index (χ0v) is 12.8. The van der Waals surface area contributed by atoms with E-state index in [0.717, 1.165) is 12.0 Å². The van der Waals surface area contributed by atoms with Crippen molar-refractivity contribution in [2.24, 2.45) is 0 Å². The van der Waals surface area contributed by atoms with Gasteiger partial charge >= 0.3 is 5.97 Å². The van der Waals surface area contributed by atoms with Crippen molar-refractivity contribution in [2.45, 2.75) is 52.6 Å². The van der Waals surface area contributed by atoms with E-state index >= 15 is 0 Å². The number of hydrogen-bond acceptors (Lipinski definition) is 2. The second-order valence-corrected chi connectivity index (χ2v) is 5.37. The molecule has 0 saturated heterocycles. The van der Waals surface area contributed by atoms with Crippen molar-refractivity contribution in [1.82, 2.24) is 0 Å². The highest BCUT2D eigenvalue weighted by Crippen LogP contribution is 2.43. The van der Waals surface area contributed by atoms with Crippen molar-refractivity contribution in [3.8, 4) is 18.1 Å². The molecule has 0 radical (unpaired) electrons. The first kappa shape index (κ1) is 16.1. The average molecular weight is 274 g/mol. The zero-order valence-electron chi connectivity index (χ0n) is 12.8. The van der Waals surface area contributed by atoms with E-state index in [1.807, 2.05) is 20.8 Å². The van der Waals surface area contributed by atoms with Gasteiger partial charge in [0, 0.05) is 5.56 Å². The Bertz CT molecular complexity index is 550. The fourth-order valence-electron chi connectivity index (χ4n) is 2.56. The summed E-state index contributed by atoms with van der Waals surface area (Å²) < 4.78 is 5.79. The number of benzene rings is 1. The predicted molar refractivity (Wildman–Crippen MR) is 80.4 cm³/mol. The predicted octanol–water partition coefficient (Wildman–Crippen LogP) is 3.84. The summed E-state index contributed by atoms with van der Waals surface area (Å²) in [5.74, 6) is 2.21. The Kier molecular flexibility index (Phi) is 4.83. The SMILES string of the molecule is C#Cc1cc(C(=O)O)cc2c1OC(C)CC2(C)C.CC. The molecule has 1 heterocycles. The summed E-state index contributed by atoms with van der Waals surface area (Å²) in [5.41, 5.74) is 1.48. The first-order valence-corrected chi connectivity index (χ1v) is 6.90. The number of fused-ring (bicyclic) bond motifs is 1. The molecule has 0 bridgehead atoms. The Balaban J connectivity index is 0.000000956. The molecule has 1 unspecified atom stereocenters. The van der Waals surface area contributed by atoms with Gasteiger partial charge in [-0.1, -0.05) is 33.6 Å². The van der Waals surface area contributed by atoms with Crippen molar-refractivity contribution < 1.29 is 14.6 Å². The molecule has 1 aromatic carbocycles. The molecule has 1 aliphatic heterocycles. The lowest BCUT2D eigenvalue weighted by atomic mass is 9.76. The molecule has 20 heavy (non-hydrogen) atoms. The number of carboxylic acids is 1. The van der Waals surface area contributed by atoms with E-state index in [2.05, 4.69) is 19.8 Å². The van der Waals surface area contributed by atoms with E-state index in [0.29, 0.717) is 11.3 Å². The summed E-state index contributed by atoms with van der Waals surface area (Å²) in [4.78, 5) is 11.1. The number of carbonyl (C=O) groups is 1. The standard InChI is InChI=1S/C15H16O3.C2H6/c1-5-10-6-11(14(16)17)7-12-13(10)18-9(2)8-15(12,3)4;1-2/h1,6-7,9H,8H2,2-4H3,(H,16,17);1-2H3. The topological polar surface area (TPSA) is 46.5 Å². The highest BCUT2D eigenvalue weighted by molar-refractivity contribution is 5.89.